The first-order chi connectivity index (χ1) is 6.22. The van der Waals surface area contributed by atoms with Gasteiger partial charge in [-0.05, 0) is 30.4 Å². The van der Waals surface area contributed by atoms with Crippen molar-refractivity contribution in [2.45, 2.75) is 26.4 Å². The minimum Gasteiger partial charge on any atom is -0.376 e. The summed E-state index contributed by atoms with van der Waals surface area (Å²) in [5.74, 6) is 0.627. The lowest BCUT2D eigenvalue weighted by Gasteiger charge is -2.14. The number of benzene rings is 1. The van der Waals surface area contributed by atoms with Crippen molar-refractivity contribution in [2.24, 2.45) is 5.92 Å². The highest BCUT2D eigenvalue weighted by molar-refractivity contribution is 5.37. The lowest BCUT2D eigenvalue weighted by atomic mass is 10.1. The van der Waals surface area contributed by atoms with E-state index in [2.05, 4.69) is 32.0 Å². The molecule has 13 heavy (non-hydrogen) atoms. The Morgan fingerprint density at radius 1 is 1.38 bits per heavy atom. The molecule has 0 spiro atoms. The second-order valence-electron chi connectivity index (χ2n) is 4.04. The topological polar surface area (TPSA) is 9.23 Å². The number of methoxy groups -OCH3 is 1. The first-order valence-corrected chi connectivity index (χ1v) is 4.84. The molecular formula is C12H16O. The van der Waals surface area contributed by atoms with Crippen LogP contribution in [0.15, 0.2) is 18.2 Å². The summed E-state index contributed by atoms with van der Waals surface area (Å²) in [5, 5.41) is 0. The van der Waals surface area contributed by atoms with E-state index in [1.54, 1.807) is 7.11 Å². The molecule has 0 aliphatic heterocycles. The van der Waals surface area contributed by atoms with E-state index in [-0.39, 0.29) is 0 Å². The normalized spacial score (nSPS) is 26.1. The summed E-state index contributed by atoms with van der Waals surface area (Å²) in [4.78, 5) is 0. The fourth-order valence-corrected chi connectivity index (χ4v) is 2.31. The first kappa shape index (κ1) is 8.76. The Labute approximate surface area is 79.7 Å². The highest BCUT2D eigenvalue weighted by atomic mass is 16.5. The van der Waals surface area contributed by atoms with E-state index < -0.39 is 0 Å². The zero-order valence-electron chi connectivity index (χ0n) is 8.50. The molecule has 1 heteroatoms. The Kier molecular flexibility index (Phi) is 2.12. The van der Waals surface area contributed by atoms with Crippen LogP contribution in [-0.2, 0) is 11.2 Å². The van der Waals surface area contributed by atoms with E-state index in [0.717, 1.165) is 6.42 Å². The Hall–Kier alpha value is -0.820. The molecule has 1 aromatic rings. The van der Waals surface area contributed by atoms with Gasteiger partial charge in [0.05, 0.1) is 6.10 Å². The van der Waals surface area contributed by atoms with Crippen molar-refractivity contribution >= 4 is 0 Å². The molecule has 0 radical (unpaired) electrons. The maximum absolute atomic E-state index is 5.49. The van der Waals surface area contributed by atoms with E-state index in [1.807, 2.05) is 0 Å². The number of ether oxygens (including phenoxy) is 1. The number of aryl methyl sites for hydroxylation is 1. The summed E-state index contributed by atoms with van der Waals surface area (Å²) < 4.78 is 5.49. The number of rotatable bonds is 1. The predicted molar refractivity (Wildman–Crippen MR) is 53.8 cm³/mol. The van der Waals surface area contributed by atoms with Crippen molar-refractivity contribution in [1.29, 1.82) is 0 Å². The maximum atomic E-state index is 5.49. The number of hydrogen-bond donors (Lipinski definition) is 0. The molecule has 1 nitrogen and oxygen atoms in total. The minimum absolute atomic E-state index is 0.315. The molecule has 2 rings (SSSR count). The van der Waals surface area contributed by atoms with Crippen LogP contribution in [0.3, 0.4) is 0 Å². The molecule has 0 aromatic heterocycles. The molecular weight excluding hydrogens is 160 g/mol. The van der Waals surface area contributed by atoms with Gasteiger partial charge in [0.1, 0.15) is 0 Å². The summed E-state index contributed by atoms with van der Waals surface area (Å²) >= 11 is 0. The third-order valence-corrected chi connectivity index (χ3v) is 2.92. The minimum atomic E-state index is 0.315. The molecule has 0 heterocycles. The molecule has 0 bridgehead atoms. The van der Waals surface area contributed by atoms with E-state index in [0.29, 0.717) is 12.0 Å². The van der Waals surface area contributed by atoms with Crippen LogP contribution < -0.4 is 0 Å². The van der Waals surface area contributed by atoms with Crippen molar-refractivity contribution < 1.29 is 4.74 Å². The van der Waals surface area contributed by atoms with Crippen molar-refractivity contribution in [3.8, 4) is 0 Å². The second kappa shape index (κ2) is 3.15. The molecule has 1 aromatic carbocycles. The third kappa shape index (κ3) is 1.37. The van der Waals surface area contributed by atoms with Gasteiger partial charge in [0, 0.05) is 7.11 Å². The van der Waals surface area contributed by atoms with Crippen LogP contribution >= 0.6 is 0 Å². The Morgan fingerprint density at radius 2 is 2.15 bits per heavy atom. The van der Waals surface area contributed by atoms with Gasteiger partial charge >= 0.3 is 0 Å². The molecule has 0 fully saturated rings. The van der Waals surface area contributed by atoms with Gasteiger partial charge in [-0.3, -0.25) is 0 Å². The van der Waals surface area contributed by atoms with E-state index in [9.17, 15) is 0 Å². The Balaban J connectivity index is 2.42. The quantitative estimate of drug-likeness (QED) is 0.639. The van der Waals surface area contributed by atoms with Gasteiger partial charge in [-0.2, -0.15) is 0 Å². The second-order valence-corrected chi connectivity index (χ2v) is 4.04. The van der Waals surface area contributed by atoms with Crippen LogP contribution in [0.1, 0.15) is 29.7 Å². The van der Waals surface area contributed by atoms with Gasteiger partial charge in [0.25, 0.3) is 0 Å². The average Bonchev–Trinajstić information content (AvgIpc) is 2.39. The third-order valence-electron chi connectivity index (χ3n) is 2.92. The SMILES string of the molecule is COC1c2ccc(C)cc2CC1C. The molecule has 0 N–H and O–H groups in total. The summed E-state index contributed by atoms with van der Waals surface area (Å²) in [6.45, 7) is 4.40. The predicted octanol–water partition coefficient (Wildman–Crippen LogP) is 2.87. The molecule has 2 unspecified atom stereocenters. The summed E-state index contributed by atoms with van der Waals surface area (Å²) in [6, 6.07) is 6.66. The van der Waals surface area contributed by atoms with Gasteiger partial charge in [-0.15, -0.1) is 0 Å². The van der Waals surface area contributed by atoms with Crippen molar-refractivity contribution in [3.63, 3.8) is 0 Å². The van der Waals surface area contributed by atoms with Crippen LogP contribution in [0.25, 0.3) is 0 Å². The summed E-state index contributed by atoms with van der Waals surface area (Å²) in [5.41, 5.74) is 4.21. The average molecular weight is 176 g/mol. The lowest BCUT2D eigenvalue weighted by molar-refractivity contribution is 0.0695. The Bertz CT molecular complexity index is 317. The van der Waals surface area contributed by atoms with Crippen LogP contribution in [0.4, 0.5) is 0 Å². The summed E-state index contributed by atoms with van der Waals surface area (Å²) in [6.07, 6.45) is 1.48. The van der Waals surface area contributed by atoms with Crippen molar-refractivity contribution in [3.05, 3.63) is 34.9 Å². The van der Waals surface area contributed by atoms with Gasteiger partial charge in [-0.25, -0.2) is 0 Å². The zero-order chi connectivity index (χ0) is 9.42. The van der Waals surface area contributed by atoms with Crippen LogP contribution in [0.5, 0.6) is 0 Å². The van der Waals surface area contributed by atoms with E-state index >= 15 is 0 Å². The van der Waals surface area contributed by atoms with E-state index in [1.165, 1.54) is 16.7 Å². The van der Waals surface area contributed by atoms with Gasteiger partial charge in [0.15, 0.2) is 0 Å². The monoisotopic (exact) mass is 176 g/mol. The fourth-order valence-electron chi connectivity index (χ4n) is 2.31. The smallest absolute Gasteiger partial charge is 0.0852 e. The van der Waals surface area contributed by atoms with Gasteiger partial charge in [-0.1, -0.05) is 30.7 Å². The highest BCUT2D eigenvalue weighted by Gasteiger charge is 2.28. The van der Waals surface area contributed by atoms with Crippen LogP contribution in [0.2, 0.25) is 0 Å². The zero-order valence-corrected chi connectivity index (χ0v) is 8.50. The fraction of sp³-hybridized carbons (Fsp3) is 0.500. The number of hydrogen-bond acceptors (Lipinski definition) is 1. The standard InChI is InChI=1S/C12H16O/c1-8-4-5-11-10(6-8)7-9(2)12(11)13-3/h4-6,9,12H,7H2,1-3H3. The molecule has 2 atom stereocenters. The molecule has 1 aliphatic rings. The molecule has 0 saturated carbocycles. The first-order valence-electron chi connectivity index (χ1n) is 4.84. The van der Waals surface area contributed by atoms with Gasteiger partial charge < -0.3 is 4.74 Å². The van der Waals surface area contributed by atoms with Gasteiger partial charge in [0.2, 0.25) is 0 Å². The molecule has 1 aliphatic carbocycles. The van der Waals surface area contributed by atoms with Crippen LogP contribution in [-0.4, -0.2) is 7.11 Å². The highest BCUT2D eigenvalue weighted by Crippen LogP contribution is 2.38. The summed E-state index contributed by atoms with van der Waals surface area (Å²) in [7, 11) is 1.80. The molecule has 0 saturated heterocycles. The molecule has 0 amide bonds. The Morgan fingerprint density at radius 3 is 2.85 bits per heavy atom. The van der Waals surface area contributed by atoms with Crippen LogP contribution in [0, 0.1) is 12.8 Å². The maximum Gasteiger partial charge on any atom is 0.0852 e. The van der Waals surface area contributed by atoms with E-state index in [4.69, 9.17) is 4.74 Å². The van der Waals surface area contributed by atoms with Crippen molar-refractivity contribution in [1.82, 2.24) is 0 Å². The lowest BCUT2D eigenvalue weighted by Crippen LogP contribution is -2.05. The largest absolute Gasteiger partial charge is 0.376 e. The number of fused-ring (bicyclic) bond motifs is 1. The molecule has 70 valence electrons. The van der Waals surface area contributed by atoms with Crippen molar-refractivity contribution in [2.75, 3.05) is 7.11 Å².